The van der Waals surface area contributed by atoms with E-state index < -0.39 is 0 Å². The van der Waals surface area contributed by atoms with Crippen molar-refractivity contribution in [2.75, 3.05) is 0 Å². The quantitative estimate of drug-likeness (QED) is 0.724. The van der Waals surface area contributed by atoms with Crippen LogP contribution in [0.25, 0.3) is 0 Å². The Balaban J connectivity index is 2.64. The zero-order valence-electron chi connectivity index (χ0n) is 6.48. The van der Waals surface area contributed by atoms with Crippen LogP contribution in [-0.2, 0) is 6.42 Å². The van der Waals surface area contributed by atoms with Crippen molar-refractivity contribution in [1.29, 1.82) is 0 Å². The van der Waals surface area contributed by atoms with Gasteiger partial charge >= 0.3 is 0 Å². The fraction of sp³-hybridized carbons (Fsp3) is 0.333. The monoisotopic (exact) mass is 337 g/mol. The first-order valence-corrected chi connectivity index (χ1v) is 5.79. The molecule has 0 aliphatic heterocycles. The predicted molar refractivity (Wildman–Crippen MR) is 62.1 cm³/mol. The first-order valence-electron chi connectivity index (χ1n) is 3.92. The average Bonchev–Trinajstić information content (AvgIpc) is 2.42. The molecular weight excluding hydrogens is 329 g/mol. The van der Waals surface area contributed by atoms with Crippen LogP contribution in [0.4, 0.5) is 0 Å². The van der Waals surface area contributed by atoms with Crippen molar-refractivity contribution in [1.82, 2.24) is 0 Å². The molecule has 0 heterocycles. The van der Waals surface area contributed by atoms with E-state index in [9.17, 15) is 0 Å². The molecule has 0 spiro atoms. The molecule has 0 saturated heterocycles. The number of halogens is 2. The molecule has 64 valence electrons. The summed E-state index contributed by atoms with van der Waals surface area (Å²) in [5.74, 6) is 0. The van der Waals surface area contributed by atoms with Gasteiger partial charge in [-0.1, -0.05) is 15.9 Å². The SMILES string of the molecule is N[C@@H]1CCc2c(I)ccc(Br)c21. The van der Waals surface area contributed by atoms with E-state index in [-0.39, 0.29) is 6.04 Å². The van der Waals surface area contributed by atoms with E-state index in [0.29, 0.717) is 0 Å². The highest BCUT2D eigenvalue weighted by atomic mass is 127. The van der Waals surface area contributed by atoms with Crippen LogP contribution in [0.5, 0.6) is 0 Å². The Morgan fingerprint density at radius 1 is 1.50 bits per heavy atom. The van der Waals surface area contributed by atoms with Crippen LogP contribution in [0.15, 0.2) is 16.6 Å². The Kier molecular flexibility index (Phi) is 2.44. The largest absolute Gasteiger partial charge is 0.324 e. The second kappa shape index (κ2) is 3.27. The number of benzene rings is 1. The molecular formula is C9H9BrIN. The third-order valence-corrected chi connectivity index (χ3v) is 4.03. The van der Waals surface area contributed by atoms with E-state index in [4.69, 9.17) is 5.73 Å². The van der Waals surface area contributed by atoms with Crippen LogP contribution in [0.1, 0.15) is 23.6 Å². The molecule has 0 saturated carbocycles. The van der Waals surface area contributed by atoms with Crippen LogP contribution >= 0.6 is 38.5 Å². The van der Waals surface area contributed by atoms with Crippen LogP contribution in [-0.4, -0.2) is 0 Å². The number of fused-ring (bicyclic) bond motifs is 1. The first-order chi connectivity index (χ1) is 5.70. The maximum Gasteiger partial charge on any atom is 0.0312 e. The summed E-state index contributed by atoms with van der Waals surface area (Å²) in [7, 11) is 0. The molecule has 0 amide bonds. The molecule has 1 atom stereocenters. The van der Waals surface area contributed by atoms with Crippen LogP contribution in [0.3, 0.4) is 0 Å². The molecule has 0 bridgehead atoms. The van der Waals surface area contributed by atoms with Gasteiger partial charge in [0.2, 0.25) is 0 Å². The predicted octanol–water partition coefficient (Wildman–Crippen LogP) is 3.00. The minimum absolute atomic E-state index is 0.240. The first kappa shape index (κ1) is 8.97. The van der Waals surface area contributed by atoms with Gasteiger partial charge in [0.25, 0.3) is 0 Å². The summed E-state index contributed by atoms with van der Waals surface area (Å²) in [6, 6.07) is 4.47. The Hall–Kier alpha value is 0.390. The summed E-state index contributed by atoms with van der Waals surface area (Å²) in [5.41, 5.74) is 8.75. The molecule has 0 radical (unpaired) electrons. The fourth-order valence-electron chi connectivity index (χ4n) is 1.71. The zero-order valence-corrected chi connectivity index (χ0v) is 10.2. The van der Waals surface area contributed by atoms with Crippen molar-refractivity contribution in [3.8, 4) is 0 Å². The molecule has 12 heavy (non-hydrogen) atoms. The van der Waals surface area contributed by atoms with E-state index in [0.717, 1.165) is 12.8 Å². The Bertz CT molecular complexity index is 325. The second-order valence-corrected chi connectivity index (χ2v) is 5.08. The van der Waals surface area contributed by atoms with Gasteiger partial charge in [0, 0.05) is 14.1 Å². The maximum absolute atomic E-state index is 5.98. The molecule has 2 rings (SSSR count). The molecule has 1 nitrogen and oxygen atoms in total. The van der Waals surface area contributed by atoms with Crippen LogP contribution < -0.4 is 5.73 Å². The van der Waals surface area contributed by atoms with Gasteiger partial charge in [-0.15, -0.1) is 0 Å². The normalized spacial score (nSPS) is 21.1. The van der Waals surface area contributed by atoms with Crippen molar-refractivity contribution >= 4 is 38.5 Å². The lowest BCUT2D eigenvalue weighted by Crippen LogP contribution is -2.06. The Morgan fingerprint density at radius 3 is 2.92 bits per heavy atom. The Labute approximate surface area is 94.0 Å². The van der Waals surface area contributed by atoms with E-state index in [1.165, 1.54) is 19.2 Å². The van der Waals surface area contributed by atoms with E-state index in [1.807, 2.05) is 0 Å². The number of rotatable bonds is 0. The van der Waals surface area contributed by atoms with Gasteiger partial charge in [-0.05, 0) is 58.7 Å². The standard InChI is InChI=1S/C9H9BrIN/c10-6-2-3-7(11)5-1-4-8(12)9(5)6/h2-3,8H,1,4,12H2/t8-/m1/s1. The van der Waals surface area contributed by atoms with Gasteiger partial charge in [-0.25, -0.2) is 0 Å². The summed E-state index contributed by atoms with van der Waals surface area (Å²) in [4.78, 5) is 0. The Morgan fingerprint density at radius 2 is 2.25 bits per heavy atom. The number of hydrogen-bond donors (Lipinski definition) is 1. The third kappa shape index (κ3) is 1.32. The average molecular weight is 338 g/mol. The van der Waals surface area contributed by atoms with Crippen LogP contribution in [0.2, 0.25) is 0 Å². The molecule has 1 aliphatic rings. The summed E-state index contributed by atoms with van der Waals surface area (Å²) in [6.45, 7) is 0. The molecule has 3 heteroatoms. The highest BCUT2D eigenvalue weighted by Gasteiger charge is 2.23. The van der Waals surface area contributed by atoms with Crippen LogP contribution in [0, 0.1) is 3.57 Å². The van der Waals surface area contributed by atoms with Crippen molar-refractivity contribution < 1.29 is 0 Å². The molecule has 1 aromatic rings. The smallest absolute Gasteiger partial charge is 0.0312 e. The lowest BCUT2D eigenvalue weighted by molar-refractivity contribution is 0.711. The summed E-state index contributed by atoms with van der Waals surface area (Å²) in [6.07, 6.45) is 2.22. The van der Waals surface area contributed by atoms with Gasteiger partial charge in [-0.2, -0.15) is 0 Å². The lowest BCUT2D eigenvalue weighted by Gasteiger charge is -2.08. The van der Waals surface area contributed by atoms with Crippen molar-refractivity contribution in [3.63, 3.8) is 0 Å². The van der Waals surface area contributed by atoms with Gasteiger partial charge in [0.1, 0.15) is 0 Å². The van der Waals surface area contributed by atoms with Crippen molar-refractivity contribution in [2.24, 2.45) is 5.73 Å². The van der Waals surface area contributed by atoms with Gasteiger partial charge in [-0.3, -0.25) is 0 Å². The molecule has 0 fully saturated rings. The fourth-order valence-corrected chi connectivity index (χ4v) is 3.11. The highest BCUT2D eigenvalue weighted by molar-refractivity contribution is 14.1. The molecule has 1 aliphatic carbocycles. The number of nitrogens with two attached hydrogens (primary N) is 1. The molecule has 0 aromatic heterocycles. The van der Waals surface area contributed by atoms with Gasteiger partial charge in [0.15, 0.2) is 0 Å². The summed E-state index contributed by atoms with van der Waals surface area (Å²) < 4.78 is 2.52. The minimum Gasteiger partial charge on any atom is -0.324 e. The summed E-state index contributed by atoms with van der Waals surface area (Å²) >= 11 is 5.91. The van der Waals surface area contributed by atoms with Gasteiger partial charge in [0.05, 0.1) is 0 Å². The highest BCUT2D eigenvalue weighted by Crippen LogP contribution is 2.37. The summed E-state index contributed by atoms with van der Waals surface area (Å²) in [5, 5.41) is 0. The number of hydrogen-bond acceptors (Lipinski definition) is 1. The topological polar surface area (TPSA) is 26.0 Å². The van der Waals surface area contributed by atoms with Crippen molar-refractivity contribution in [3.05, 3.63) is 31.3 Å². The maximum atomic E-state index is 5.98. The van der Waals surface area contributed by atoms with E-state index >= 15 is 0 Å². The molecule has 0 unspecified atom stereocenters. The van der Waals surface area contributed by atoms with E-state index in [2.05, 4.69) is 50.7 Å². The minimum atomic E-state index is 0.240. The van der Waals surface area contributed by atoms with Gasteiger partial charge < -0.3 is 5.73 Å². The van der Waals surface area contributed by atoms with E-state index in [1.54, 1.807) is 0 Å². The second-order valence-electron chi connectivity index (χ2n) is 3.07. The zero-order chi connectivity index (χ0) is 8.72. The lowest BCUT2D eigenvalue weighted by atomic mass is 10.1. The molecule has 2 N–H and O–H groups in total. The van der Waals surface area contributed by atoms with Crippen molar-refractivity contribution in [2.45, 2.75) is 18.9 Å². The third-order valence-electron chi connectivity index (χ3n) is 2.32. The molecule has 1 aromatic carbocycles.